The van der Waals surface area contributed by atoms with E-state index in [4.69, 9.17) is 14.2 Å². The van der Waals surface area contributed by atoms with Gasteiger partial charge >= 0.3 is 6.03 Å². The highest BCUT2D eigenvalue weighted by atomic mass is 32.2. The number of thioether (sulfide) groups is 1. The van der Waals surface area contributed by atoms with Gasteiger partial charge in [-0.2, -0.15) is 24.4 Å². The maximum absolute atomic E-state index is 12.0. The summed E-state index contributed by atoms with van der Waals surface area (Å²) in [5.74, 6) is 2.08. The van der Waals surface area contributed by atoms with Crippen LogP contribution in [-0.4, -0.2) is 87.0 Å². The minimum absolute atomic E-state index is 0.0452. The quantitative estimate of drug-likeness (QED) is 0.0678. The Bertz CT molecular complexity index is 617. The second-order valence-corrected chi connectivity index (χ2v) is 12.0. The molecule has 3 amide bonds. The summed E-state index contributed by atoms with van der Waals surface area (Å²) in [5, 5.41) is 9.35. The first-order valence-corrected chi connectivity index (χ1v) is 16.7. The number of fused-ring (bicyclic) bond motifs is 1. The number of hydrogen-bond donors (Lipinski definition) is 4. The number of carbonyl (C=O) groups excluding carboxylic acids is 2. The molecule has 2 fully saturated rings. The average Bonchev–Trinajstić information content (AvgIpc) is 3.46. The molecular formula is C28H53N3O5S2. The molecule has 0 aromatic heterocycles. The number of ether oxygens (including phenoxy) is 3. The molecule has 0 radical (unpaired) electrons. The third-order valence-corrected chi connectivity index (χ3v) is 8.91. The Labute approximate surface area is 240 Å². The molecule has 0 aliphatic carbocycles. The van der Waals surface area contributed by atoms with E-state index in [1.54, 1.807) is 0 Å². The molecule has 2 aliphatic heterocycles. The summed E-state index contributed by atoms with van der Waals surface area (Å²) < 4.78 is 16.7. The first kappa shape index (κ1) is 33.5. The van der Waals surface area contributed by atoms with Crippen LogP contribution in [0.25, 0.3) is 0 Å². The van der Waals surface area contributed by atoms with Crippen LogP contribution in [0.1, 0.15) is 89.9 Å². The number of hydrogen-bond acceptors (Lipinski definition) is 7. The molecule has 8 nitrogen and oxygen atoms in total. The lowest BCUT2D eigenvalue weighted by atomic mass is 10.0. The normalized spacial score (nSPS) is 20.3. The largest absolute Gasteiger partial charge is 0.379 e. The standard InChI is InChI=1S/C28H53N3O5S2/c32-26(14-10-9-13-25-27-24(23-38-25)30-28(33)31-27)29-15-17-35-19-21-36-20-18-34-16-11-7-5-3-1-2-4-6-8-12-22-37/h24-25,27,37H,1-23H2,(H,29,32)(H2,30,31,33)/t24-,25-,27-/m0/s1. The highest BCUT2D eigenvalue weighted by Crippen LogP contribution is 2.33. The Kier molecular flexibility index (Phi) is 20.4. The van der Waals surface area contributed by atoms with E-state index in [1.165, 1.54) is 57.8 Å². The van der Waals surface area contributed by atoms with Gasteiger partial charge in [-0.25, -0.2) is 4.79 Å². The van der Waals surface area contributed by atoms with E-state index in [0.29, 0.717) is 51.2 Å². The van der Waals surface area contributed by atoms with E-state index in [0.717, 1.165) is 43.8 Å². The number of amides is 3. The number of urea groups is 1. The van der Waals surface area contributed by atoms with E-state index in [2.05, 4.69) is 28.6 Å². The van der Waals surface area contributed by atoms with Gasteiger partial charge < -0.3 is 30.2 Å². The molecule has 2 rings (SSSR count). The lowest BCUT2D eigenvalue weighted by Crippen LogP contribution is -2.36. The summed E-state index contributed by atoms with van der Waals surface area (Å²) in [6.07, 6.45) is 16.6. The molecule has 0 unspecified atom stereocenters. The molecule has 2 saturated heterocycles. The fourth-order valence-electron chi connectivity index (χ4n) is 4.90. The van der Waals surface area contributed by atoms with Crippen LogP contribution in [0.5, 0.6) is 0 Å². The van der Waals surface area contributed by atoms with Crippen LogP contribution in [-0.2, 0) is 19.0 Å². The lowest BCUT2D eigenvalue weighted by molar-refractivity contribution is -0.121. The highest BCUT2D eigenvalue weighted by Gasteiger charge is 2.42. The van der Waals surface area contributed by atoms with Gasteiger partial charge in [-0.05, 0) is 31.4 Å². The van der Waals surface area contributed by atoms with Crippen LogP contribution in [0.2, 0.25) is 0 Å². The molecule has 2 aliphatic rings. The van der Waals surface area contributed by atoms with E-state index in [9.17, 15) is 9.59 Å². The summed E-state index contributed by atoms with van der Waals surface area (Å²) in [6.45, 7) is 4.14. The average molecular weight is 576 g/mol. The van der Waals surface area contributed by atoms with E-state index in [-0.39, 0.29) is 24.0 Å². The van der Waals surface area contributed by atoms with Gasteiger partial charge in [0.25, 0.3) is 0 Å². The van der Waals surface area contributed by atoms with Gasteiger partial charge in [-0.1, -0.05) is 57.8 Å². The fourth-order valence-corrected chi connectivity index (χ4v) is 6.66. The van der Waals surface area contributed by atoms with Crippen LogP contribution in [0.3, 0.4) is 0 Å². The monoisotopic (exact) mass is 575 g/mol. The zero-order valence-electron chi connectivity index (χ0n) is 23.4. The highest BCUT2D eigenvalue weighted by molar-refractivity contribution is 8.00. The van der Waals surface area contributed by atoms with Crippen molar-refractivity contribution in [3.63, 3.8) is 0 Å². The van der Waals surface area contributed by atoms with Crippen molar-refractivity contribution in [2.24, 2.45) is 0 Å². The smallest absolute Gasteiger partial charge is 0.315 e. The number of carbonyl (C=O) groups is 2. The molecule has 38 heavy (non-hydrogen) atoms. The Morgan fingerprint density at radius 1 is 0.789 bits per heavy atom. The number of nitrogens with one attached hydrogen (secondary N) is 3. The Morgan fingerprint density at radius 3 is 2.08 bits per heavy atom. The van der Waals surface area contributed by atoms with Gasteiger partial charge in [0.2, 0.25) is 5.91 Å². The third-order valence-electron chi connectivity index (χ3n) is 7.09. The van der Waals surface area contributed by atoms with Gasteiger partial charge in [0, 0.05) is 30.6 Å². The van der Waals surface area contributed by atoms with Gasteiger partial charge in [0.1, 0.15) is 0 Å². The Morgan fingerprint density at radius 2 is 1.39 bits per heavy atom. The molecule has 2 heterocycles. The second-order valence-electron chi connectivity index (χ2n) is 10.3. The van der Waals surface area contributed by atoms with Gasteiger partial charge in [0.15, 0.2) is 0 Å². The summed E-state index contributed by atoms with van der Waals surface area (Å²) in [6, 6.07) is 0.464. The van der Waals surface area contributed by atoms with Crippen molar-refractivity contribution in [2.45, 2.75) is 107 Å². The minimum Gasteiger partial charge on any atom is -0.379 e. The zero-order chi connectivity index (χ0) is 27.1. The molecule has 0 bridgehead atoms. The summed E-state index contributed by atoms with van der Waals surface area (Å²) >= 11 is 6.17. The van der Waals surface area contributed by atoms with Crippen molar-refractivity contribution >= 4 is 36.3 Å². The predicted molar refractivity (Wildman–Crippen MR) is 159 cm³/mol. The van der Waals surface area contributed by atoms with Crippen LogP contribution in [0.15, 0.2) is 0 Å². The lowest BCUT2D eigenvalue weighted by Gasteiger charge is -2.16. The summed E-state index contributed by atoms with van der Waals surface area (Å²) in [7, 11) is 0. The Balaban J connectivity index is 1.22. The molecule has 0 aromatic rings. The van der Waals surface area contributed by atoms with Crippen molar-refractivity contribution < 1.29 is 23.8 Å². The van der Waals surface area contributed by atoms with Gasteiger partial charge in [-0.3, -0.25) is 4.79 Å². The zero-order valence-corrected chi connectivity index (χ0v) is 25.1. The third kappa shape index (κ3) is 16.4. The number of rotatable bonds is 26. The summed E-state index contributed by atoms with van der Waals surface area (Å²) in [5.41, 5.74) is 0. The van der Waals surface area contributed by atoms with Crippen molar-refractivity contribution in [3.05, 3.63) is 0 Å². The molecule has 3 N–H and O–H groups in total. The second kappa shape index (κ2) is 23.1. The molecule has 0 aromatic carbocycles. The SMILES string of the molecule is O=C(CCCC[C@@H]1SC[C@@H]2NC(=O)N[C@@H]21)NCCOCCOCCOCCCCCCCCCCCCS. The first-order valence-electron chi connectivity index (χ1n) is 15.0. The molecule has 10 heteroatoms. The van der Waals surface area contributed by atoms with Gasteiger partial charge in [0.05, 0.1) is 45.1 Å². The fraction of sp³-hybridized carbons (Fsp3) is 0.929. The molecule has 0 spiro atoms. The molecule has 0 saturated carbocycles. The molecule has 222 valence electrons. The van der Waals surface area contributed by atoms with Crippen molar-refractivity contribution in [3.8, 4) is 0 Å². The molecular weight excluding hydrogens is 522 g/mol. The van der Waals surface area contributed by atoms with E-state index in [1.807, 2.05) is 11.8 Å². The predicted octanol–water partition coefficient (Wildman–Crippen LogP) is 4.71. The topological polar surface area (TPSA) is 97.9 Å². The number of unbranched alkanes of at least 4 members (excludes halogenated alkanes) is 10. The minimum atomic E-state index is -0.0452. The van der Waals surface area contributed by atoms with Crippen LogP contribution >= 0.6 is 24.4 Å². The maximum Gasteiger partial charge on any atom is 0.315 e. The number of thiol groups is 1. The summed E-state index contributed by atoms with van der Waals surface area (Å²) in [4.78, 5) is 23.4. The maximum atomic E-state index is 12.0. The van der Waals surface area contributed by atoms with Crippen LogP contribution in [0.4, 0.5) is 4.79 Å². The Hall–Kier alpha value is -0.680. The van der Waals surface area contributed by atoms with Gasteiger partial charge in [-0.15, -0.1) is 0 Å². The van der Waals surface area contributed by atoms with Crippen LogP contribution < -0.4 is 16.0 Å². The van der Waals surface area contributed by atoms with Crippen molar-refractivity contribution in [1.29, 1.82) is 0 Å². The van der Waals surface area contributed by atoms with Crippen LogP contribution in [0, 0.1) is 0 Å². The molecule has 3 atom stereocenters. The first-order chi connectivity index (χ1) is 18.7. The van der Waals surface area contributed by atoms with E-state index < -0.39 is 0 Å². The van der Waals surface area contributed by atoms with Crippen molar-refractivity contribution in [2.75, 3.05) is 57.7 Å². The van der Waals surface area contributed by atoms with Crippen molar-refractivity contribution in [1.82, 2.24) is 16.0 Å². The van der Waals surface area contributed by atoms with E-state index >= 15 is 0 Å².